The summed E-state index contributed by atoms with van der Waals surface area (Å²) in [5.41, 5.74) is 0.494. The van der Waals surface area contributed by atoms with E-state index in [-0.39, 0.29) is 5.76 Å². The van der Waals surface area contributed by atoms with Crippen LogP contribution in [0.25, 0.3) is 11.0 Å². The minimum absolute atomic E-state index is 0.0967. The third-order valence-corrected chi connectivity index (χ3v) is 1.57. The summed E-state index contributed by atoms with van der Waals surface area (Å²) < 4.78 is 12.3. The van der Waals surface area contributed by atoms with Crippen molar-refractivity contribution >= 4 is 16.9 Å². The lowest BCUT2D eigenvalue weighted by Crippen LogP contribution is -1.91. The summed E-state index contributed by atoms with van der Waals surface area (Å²) in [6, 6.07) is 6.45. The van der Waals surface area contributed by atoms with E-state index < -0.39 is 5.97 Å². The number of para-hydroxylation sites is 1. The van der Waals surface area contributed by atoms with Crippen molar-refractivity contribution in [1.29, 1.82) is 0 Å². The van der Waals surface area contributed by atoms with Crippen LogP contribution in [0.4, 0.5) is 0 Å². The van der Waals surface area contributed by atoms with E-state index in [2.05, 4.69) is 0 Å². The Hall–Kier alpha value is -1.77. The molecule has 0 bridgehead atoms. The van der Waals surface area contributed by atoms with Gasteiger partial charge in [-0.15, -0.1) is 0 Å². The number of carbonyl (C=O) groups is 1. The monoisotopic (exact) mass is 164 g/mol. The molecule has 0 saturated carbocycles. The van der Waals surface area contributed by atoms with E-state index in [1.54, 1.807) is 18.2 Å². The molecule has 1 N–H and O–H groups in total. The zero-order valence-electron chi connectivity index (χ0n) is 7.07. The van der Waals surface area contributed by atoms with E-state index in [1.165, 1.54) is 6.07 Å². The number of aromatic carboxylic acids is 1. The summed E-state index contributed by atoms with van der Waals surface area (Å²) in [6.45, 7) is 0. The maximum absolute atomic E-state index is 10.5. The molecule has 0 aliphatic carbocycles. The highest BCUT2D eigenvalue weighted by Gasteiger charge is 2.08. The van der Waals surface area contributed by atoms with Crippen LogP contribution < -0.4 is 0 Å². The number of hydrogen-bond acceptors (Lipinski definition) is 2. The second kappa shape index (κ2) is 2.37. The molecule has 3 heteroatoms. The van der Waals surface area contributed by atoms with Gasteiger partial charge in [-0.3, -0.25) is 0 Å². The molecule has 0 atom stereocenters. The highest BCUT2D eigenvalue weighted by atomic mass is 16.4. The average Bonchev–Trinajstić information content (AvgIpc) is 2.46. The lowest BCUT2D eigenvalue weighted by atomic mass is 10.2. The summed E-state index contributed by atoms with van der Waals surface area (Å²) in [7, 11) is 0. The summed E-state index contributed by atoms with van der Waals surface area (Å²) in [6.07, 6.45) is 0. The van der Waals surface area contributed by atoms with Crippen LogP contribution in [0.5, 0.6) is 0 Å². The Balaban J connectivity index is 2.68. The van der Waals surface area contributed by atoms with Crippen molar-refractivity contribution in [3.05, 3.63) is 36.1 Å². The van der Waals surface area contributed by atoms with Gasteiger partial charge >= 0.3 is 5.97 Å². The fourth-order valence-corrected chi connectivity index (χ4v) is 1.03. The van der Waals surface area contributed by atoms with Crippen LogP contribution >= 0.6 is 0 Å². The smallest absolute Gasteiger partial charge is 0.371 e. The number of fused-ring (bicyclic) bond motifs is 1. The van der Waals surface area contributed by atoms with E-state index in [1.807, 2.05) is 0 Å². The van der Waals surface area contributed by atoms with Gasteiger partial charge in [0.25, 0.3) is 0 Å². The maximum atomic E-state index is 10.5. The number of carboxylic acid groups (broad SMARTS) is 1. The van der Waals surface area contributed by atoms with Crippen molar-refractivity contribution in [3.63, 3.8) is 0 Å². The Bertz CT molecular complexity index is 473. The van der Waals surface area contributed by atoms with Crippen molar-refractivity contribution in [1.82, 2.24) is 0 Å². The van der Waals surface area contributed by atoms with Crippen molar-refractivity contribution in [2.24, 2.45) is 0 Å². The normalized spacial score (nSPS) is 11.5. The topological polar surface area (TPSA) is 50.4 Å². The largest absolute Gasteiger partial charge is 0.475 e. The summed E-state index contributed by atoms with van der Waals surface area (Å²) in [4.78, 5) is 10.5. The van der Waals surface area contributed by atoms with Gasteiger partial charge in [0, 0.05) is 5.39 Å². The summed E-state index contributed by atoms with van der Waals surface area (Å²) in [5.74, 6) is -1.19. The lowest BCUT2D eigenvalue weighted by Gasteiger charge is -1.83. The third kappa shape index (κ3) is 0.955. The van der Waals surface area contributed by atoms with Crippen LogP contribution in [0.1, 0.15) is 11.9 Å². The van der Waals surface area contributed by atoms with E-state index in [9.17, 15) is 4.79 Å². The Morgan fingerprint density at radius 1 is 1.58 bits per heavy atom. The first-order valence-electron chi connectivity index (χ1n) is 3.90. The predicted molar refractivity (Wildman–Crippen MR) is 43.2 cm³/mol. The number of rotatable bonds is 1. The standard InChI is InChI=1S/C9H6O3/c10-9(11)8-5-6-3-1-2-4-7(6)12-8/h1-5H,(H,10,11)/i1T. The average molecular weight is 164 g/mol. The molecule has 1 aromatic carbocycles. The fourth-order valence-electron chi connectivity index (χ4n) is 1.03. The quantitative estimate of drug-likeness (QED) is 0.702. The molecule has 12 heavy (non-hydrogen) atoms. The van der Waals surface area contributed by atoms with E-state index >= 15 is 0 Å². The van der Waals surface area contributed by atoms with Crippen LogP contribution in [0.15, 0.2) is 34.7 Å². The third-order valence-electron chi connectivity index (χ3n) is 1.57. The zero-order chi connectivity index (χ0) is 9.42. The minimum atomic E-state index is -1.09. The molecule has 0 aliphatic rings. The molecule has 1 aromatic heterocycles. The van der Waals surface area contributed by atoms with Gasteiger partial charge in [0.05, 0.1) is 1.37 Å². The highest BCUT2D eigenvalue weighted by Crippen LogP contribution is 2.18. The van der Waals surface area contributed by atoms with Crippen LogP contribution in [0.2, 0.25) is 0 Å². The molecule has 0 saturated heterocycles. The van der Waals surface area contributed by atoms with Crippen molar-refractivity contribution in [3.8, 4) is 0 Å². The van der Waals surface area contributed by atoms with Gasteiger partial charge < -0.3 is 9.52 Å². The van der Waals surface area contributed by atoms with Crippen LogP contribution in [0.3, 0.4) is 0 Å². The van der Waals surface area contributed by atoms with Crippen LogP contribution in [0, 0.1) is 0 Å². The predicted octanol–water partition coefficient (Wildman–Crippen LogP) is 2.13. The molecule has 0 radical (unpaired) electrons. The molecule has 1 heterocycles. The summed E-state index contributed by atoms with van der Waals surface area (Å²) in [5, 5.41) is 9.26. The van der Waals surface area contributed by atoms with Crippen molar-refractivity contribution < 1.29 is 15.7 Å². The molecular formula is C9H6O3. The summed E-state index contributed by atoms with van der Waals surface area (Å²) >= 11 is 0. The molecule has 3 nitrogen and oxygen atoms in total. The van der Waals surface area contributed by atoms with Gasteiger partial charge in [0.15, 0.2) is 0 Å². The van der Waals surface area contributed by atoms with Crippen LogP contribution in [-0.4, -0.2) is 11.1 Å². The van der Waals surface area contributed by atoms with Crippen molar-refractivity contribution in [2.75, 3.05) is 0 Å². The van der Waals surface area contributed by atoms with E-state index in [4.69, 9.17) is 10.9 Å². The van der Waals surface area contributed by atoms with Gasteiger partial charge in [0.1, 0.15) is 5.58 Å². The Kier molecular flexibility index (Phi) is 1.15. The van der Waals surface area contributed by atoms with E-state index in [0.29, 0.717) is 17.0 Å². The highest BCUT2D eigenvalue weighted by molar-refractivity contribution is 5.91. The molecule has 2 rings (SSSR count). The molecule has 0 unspecified atom stereocenters. The molecule has 0 spiro atoms. The van der Waals surface area contributed by atoms with Gasteiger partial charge in [-0.1, -0.05) is 18.2 Å². The van der Waals surface area contributed by atoms with Gasteiger partial charge in [-0.2, -0.15) is 0 Å². The van der Waals surface area contributed by atoms with Crippen molar-refractivity contribution in [2.45, 2.75) is 0 Å². The number of furan rings is 1. The maximum Gasteiger partial charge on any atom is 0.371 e. The SMILES string of the molecule is [3H]c1ccc2oc(C(=O)O)cc2c1. The lowest BCUT2D eigenvalue weighted by molar-refractivity contribution is 0.0665. The van der Waals surface area contributed by atoms with Gasteiger partial charge in [-0.05, 0) is 12.1 Å². The first kappa shape index (κ1) is 5.83. The van der Waals surface area contributed by atoms with Gasteiger partial charge in [-0.25, -0.2) is 4.79 Å². The van der Waals surface area contributed by atoms with Crippen LogP contribution in [-0.2, 0) is 0 Å². The Morgan fingerprint density at radius 2 is 2.42 bits per heavy atom. The molecule has 2 aromatic rings. The first-order valence-corrected chi connectivity index (χ1v) is 3.40. The molecular weight excluding hydrogens is 156 g/mol. The Morgan fingerprint density at radius 3 is 3.17 bits per heavy atom. The fraction of sp³-hybridized carbons (Fsp3) is 0. The second-order valence-electron chi connectivity index (χ2n) is 2.38. The first-order chi connectivity index (χ1) is 6.16. The molecule has 0 amide bonds. The molecule has 0 fully saturated rings. The number of benzene rings is 1. The van der Waals surface area contributed by atoms with E-state index in [0.717, 1.165) is 0 Å². The second-order valence-corrected chi connectivity index (χ2v) is 2.38. The zero-order valence-corrected chi connectivity index (χ0v) is 6.07. The number of hydrogen-bond donors (Lipinski definition) is 1. The minimum Gasteiger partial charge on any atom is -0.475 e. The Labute approximate surface area is 69.6 Å². The molecule has 60 valence electrons. The number of carboxylic acids is 1. The van der Waals surface area contributed by atoms with Gasteiger partial charge in [0.2, 0.25) is 5.76 Å². The molecule has 0 aliphatic heterocycles.